The third kappa shape index (κ3) is 4.29. The highest BCUT2D eigenvalue weighted by Crippen LogP contribution is 2.18. The van der Waals surface area contributed by atoms with Gasteiger partial charge in [-0.3, -0.25) is 9.69 Å². The predicted octanol–water partition coefficient (Wildman–Crippen LogP) is 1.70. The van der Waals surface area contributed by atoms with Crippen LogP contribution in [0.15, 0.2) is 30.3 Å². The topological polar surface area (TPSA) is 49.6 Å². The first kappa shape index (κ1) is 16.0. The molecule has 0 spiro atoms. The highest BCUT2D eigenvalue weighted by Gasteiger charge is 2.27. The van der Waals surface area contributed by atoms with E-state index in [0.717, 1.165) is 32.5 Å². The maximum absolute atomic E-state index is 12.2. The Bertz CT molecular complexity index is 441. The Hall–Kier alpha value is -1.39. The van der Waals surface area contributed by atoms with Crippen LogP contribution in [-0.2, 0) is 11.3 Å². The van der Waals surface area contributed by atoms with Crippen molar-refractivity contribution < 1.29 is 4.79 Å². The van der Waals surface area contributed by atoms with Crippen LogP contribution >= 0.6 is 0 Å². The number of nitrogens with zero attached hydrogens (tertiary/aromatic N) is 2. The Kier molecular flexibility index (Phi) is 5.76. The van der Waals surface area contributed by atoms with E-state index < -0.39 is 0 Å². The van der Waals surface area contributed by atoms with Crippen LogP contribution in [0.5, 0.6) is 0 Å². The molecule has 0 aromatic heterocycles. The molecule has 0 aliphatic carbocycles. The molecule has 1 aliphatic rings. The number of carbonyl (C=O) groups is 1. The zero-order valence-electron chi connectivity index (χ0n) is 13.2. The number of amides is 1. The lowest BCUT2D eigenvalue weighted by atomic mass is 10.0. The van der Waals surface area contributed by atoms with Crippen molar-refractivity contribution in [1.29, 1.82) is 0 Å². The Morgan fingerprint density at radius 1 is 1.33 bits per heavy atom. The predicted molar refractivity (Wildman–Crippen MR) is 85.7 cm³/mol. The number of nitrogens with two attached hydrogens (primary N) is 1. The fraction of sp³-hybridized carbons (Fsp3) is 0.588. The van der Waals surface area contributed by atoms with Crippen molar-refractivity contribution in [3.8, 4) is 0 Å². The zero-order valence-corrected chi connectivity index (χ0v) is 13.2. The summed E-state index contributed by atoms with van der Waals surface area (Å²) in [5, 5.41) is 0. The van der Waals surface area contributed by atoms with E-state index in [1.54, 1.807) is 0 Å². The van der Waals surface area contributed by atoms with E-state index in [0.29, 0.717) is 12.6 Å². The number of hydrogen-bond donors (Lipinski definition) is 1. The van der Waals surface area contributed by atoms with Gasteiger partial charge in [0.05, 0.1) is 0 Å². The van der Waals surface area contributed by atoms with Gasteiger partial charge in [0.2, 0.25) is 5.91 Å². The molecule has 1 aromatic rings. The molecule has 0 bridgehead atoms. The molecule has 2 N–H and O–H groups in total. The fourth-order valence-electron chi connectivity index (χ4n) is 2.93. The van der Waals surface area contributed by atoms with Crippen molar-refractivity contribution in [2.75, 3.05) is 26.7 Å². The number of piperidine rings is 1. The van der Waals surface area contributed by atoms with Crippen LogP contribution in [-0.4, -0.2) is 48.4 Å². The van der Waals surface area contributed by atoms with Gasteiger partial charge in [0.25, 0.3) is 0 Å². The number of carbonyl (C=O) groups excluding carboxylic acids is 1. The van der Waals surface area contributed by atoms with E-state index in [2.05, 4.69) is 35.2 Å². The first-order chi connectivity index (χ1) is 10.1. The highest BCUT2D eigenvalue weighted by molar-refractivity contribution is 5.78. The molecular formula is C17H27N3O. The van der Waals surface area contributed by atoms with Gasteiger partial charge < -0.3 is 10.6 Å². The van der Waals surface area contributed by atoms with Crippen LogP contribution in [0, 0.1) is 5.92 Å². The lowest BCUT2D eigenvalue weighted by molar-refractivity contribution is -0.136. The van der Waals surface area contributed by atoms with Gasteiger partial charge in [-0.15, -0.1) is 0 Å². The SMILES string of the molecule is CC(CN)C(=O)N(C)C1CCN(Cc2ccccc2)CC1. The van der Waals surface area contributed by atoms with Crippen LogP contribution in [0.4, 0.5) is 0 Å². The van der Waals surface area contributed by atoms with Crippen molar-refractivity contribution in [3.05, 3.63) is 35.9 Å². The Morgan fingerprint density at radius 2 is 1.95 bits per heavy atom. The fourth-order valence-corrected chi connectivity index (χ4v) is 2.93. The van der Waals surface area contributed by atoms with Crippen LogP contribution < -0.4 is 5.73 Å². The average Bonchev–Trinajstić information content (AvgIpc) is 2.54. The maximum atomic E-state index is 12.2. The molecule has 1 heterocycles. The lowest BCUT2D eigenvalue weighted by Crippen LogP contribution is -2.47. The molecular weight excluding hydrogens is 262 g/mol. The molecule has 1 fully saturated rings. The Balaban J connectivity index is 1.81. The number of benzene rings is 1. The van der Waals surface area contributed by atoms with E-state index >= 15 is 0 Å². The van der Waals surface area contributed by atoms with Crippen LogP contribution in [0.25, 0.3) is 0 Å². The Morgan fingerprint density at radius 3 is 2.52 bits per heavy atom. The second-order valence-electron chi connectivity index (χ2n) is 6.08. The minimum atomic E-state index is -0.0719. The van der Waals surface area contributed by atoms with Crippen LogP contribution in [0.3, 0.4) is 0 Å². The summed E-state index contributed by atoms with van der Waals surface area (Å²) < 4.78 is 0. The van der Waals surface area contributed by atoms with Gasteiger partial charge in [-0.25, -0.2) is 0 Å². The van der Waals surface area contributed by atoms with Crippen LogP contribution in [0.2, 0.25) is 0 Å². The van der Waals surface area contributed by atoms with E-state index in [9.17, 15) is 4.79 Å². The smallest absolute Gasteiger partial charge is 0.226 e. The number of hydrogen-bond acceptors (Lipinski definition) is 3. The van der Waals surface area contributed by atoms with Gasteiger partial charge in [-0.1, -0.05) is 37.3 Å². The van der Waals surface area contributed by atoms with Crippen molar-refractivity contribution >= 4 is 5.91 Å². The summed E-state index contributed by atoms with van der Waals surface area (Å²) in [5.74, 6) is 0.108. The normalized spacial score (nSPS) is 18.4. The van der Waals surface area contributed by atoms with Gasteiger partial charge in [0.15, 0.2) is 0 Å². The van der Waals surface area contributed by atoms with Gasteiger partial charge in [0.1, 0.15) is 0 Å². The molecule has 1 saturated heterocycles. The molecule has 2 rings (SSSR count). The molecule has 1 unspecified atom stereocenters. The first-order valence-electron chi connectivity index (χ1n) is 7.85. The molecule has 4 heteroatoms. The minimum Gasteiger partial charge on any atom is -0.342 e. The zero-order chi connectivity index (χ0) is 15.2. The summed E-state index contributed by atoms with van der Waals surface area (Å²) in [6.07, 6.45) is 2.10. The van der Waals surface area contributed by atoms with E-state index in [-0.39, 0.29) is 11.8 Å². The molecule has 116 valence electrons. The molecule has 1 amide bonds. The summed E-state index contributed by atoms with van der Waals surface area (Å²) >= 11 is 0. The summed E-state index contributed by atoms with van der Waals surface area (Å²) in [7, 11) is 1.92. The highest BCUT2D eigenvalue weighted by atomic mass is 16.2. The standard InChI is InChI=1S/C17H27N3O/c1-14(12-18)17(21)19(2)16-8-10-20(11-9-16)13-15-6-4-3-5-7-15/h3-7,14,16H,8-13,18H2,1-2H3. The van der Waals surface area contributed by atoms with Crippen LogP contribution in [0.1, 0.15) is 25.3 Å². The molecule has 4 nitrogen and oxygen atoms in total. The Labute approximate surface area is 127 Å². The van der Waals surface area contributed by atoms with Crippen molar-refractivity contribution in [3.63, 3.8) is 0 Å². The molecule has 0 radical (unpaired) electrons. The van der Waals surface area contributed by atoms with Gasteiger partial charge in [-0.05, 0) is 18.4 Å². The summed E-state index contributed by atoms with van der Waals surface area (Å²) in [4.78, 5) is 16.6. The molecule has 0 saturated carbocycles. The monoisotopic (exact) mass is 289 g/mol. The maximum Gasteiger partial charge on any atom is 0.226 e. The minimum absolute atomic E-state index is 0.0719. The van der Waals surface area contributed by atoms with Gasteiger partial charge in [0, 0.05) is 45.2 Å². The second-order valence-corrected chi connectivity index (χ2v) is 6.08. The number of likely N-dealkylation sites (tertiary alicyclic amines) is 1. The quantitative estimate of drug-likeness (QED) is 0.897. The first-order valence-corrected chi connectivity index (χ1v) is 7.85. The lowest BCUT2D eigenvalue weighted by Gasteiger charge is -2.37. The van der Waals surface area contributed by atoms with E-state index in [4.69, 9.17) is 5.73 Å². The molecule has 21 heavy (non-hydrogen) atoms. The largest absolute Gasteiger partial charge is 0.342 e. The van der Waals surface area contributed by atoms with Gasteiger partial charge in [-0.2, -0.15) is 0 Å². The van der Waals surface area contributed by atoms with E-state index in [1.165, 1.54) is 5.56 Å². The van der Waals surface area contributed by atoms with Crippen molar-refractivity contribution in [1.82, 2.24) is 9.80 Å². The summed E-state index contributed by atoms with van der Waals surface area (Å²) in [6, 6.07) is 10.9. The second kappa shape index (κ2) is 7.57. The molecule has 1 atom stereocenters. The van der Waals surface area contributed by atoms with E-state index in [1.807, 2.05) is 18.9 Å². The molecule has 1 aromatic carbocycles. The van der Waals surface area contributed by atoms with Gasteiger partial charge >= 0.3 is 0 Å². The average molecular weight is 289 g/mol. The van der Waals surface area contributed by atoms with Crippen molar-refractivity contribution in [2.45, 2.75) is 32.4 Å². The third-order valence-corrected chi connectivity index (χ3v) is 4.48. The third-order valence-electron chi connectivity index (χ3n) is 4.48. The molecule has 1 aliphatic heterocycles. The summed E-state index contributed by atoms with van der Waals surface area (Å²) in [5.41, 5.74) is 6.95. The number of rotatable bonds is 5. The summed E-state index contributed by atoms with van der Waals surface area (Å²) in [6.45, 7) is 5.44. The van der Waals surface area contributed by atoms with Crippen molar-refractivity contribution in [2.24, 2.45) is 11.7 Å².